The second-order valence-corrected chi connectivity index (χ2v) is 4.11. The van der Waals surface area contributed by atoms with Crippen molar-refractivity contribution >= 4 is 0 Å². The second-order valence-electron chi connectivity index (χ2n) is 4.11. The van der Waals surface area contributed by atoms with Gasteiger partial charge < -0.3 is 10.2 Å². The molecule has 0 aromatic heterocycles. The summed E-state index contributed by atoms with van der Waals surface area (Å²) in [5.41, 5.74) is 1.36. The molecule has 1 N–H and O–H groups in total. The zero-order valence-electron chi connectivity index (χ0n) is 10.7. The van der Waals surface area contributed by atoms with Crippen LogP contribution in [-0.4, -0.2) is 31.1 Å². The highest BCUT2D eigenvalue weighted by Crippen LogP contribution is 2.10. The van der Waals surface area contributed by atoms with Crippen LogP contribution in [0.5, 0.6) is 0 Å². The average Bonchev–Trinajstić information content (AvgIpc) is 2.35. The molecule has 0 aliphatic carbocycles. The Bertz CT molecular complexity index is 267. The van der Waals surface area contributed by atoms with Crippen molar-refractivity contribution in [3.05, 3.63) is 35.9 Å². The van der Waals surface area contributed by atoms with E-state index in [2.05, 4.69) is 61.3 Å². The standard InChI is InChI=1S/C14H24N2/c1-4-16(5-2)12-11-15-13(3)14-9-7-6-8-10-14/h6-10,13,15H,4-5,11-12H2,1-3H3/t13-/m1/s1. The van der Waals surface area contributed by atoms with E-state index in [4.69, 9.17) is 0 Å². The molecule has 0 radical (unpaired) electrons. The third-order valence-corrected chi connectivity index (χ3v) is 3.07. The molecule has 1 aromatic rings. The van der Waals surface area contributed by atoms with Crippen LogP contribution in [0.3, 0.4) is 0 Å². The molecule has 0 fully saturated rings. The number of rotatable bonds is 7. The molecular weight excluding hydrogens is 196 g/mol. The van der Waals surface area contributed by atoms with Crippen LogP contribution in [-0.2, 0) is 0 Å². The highest BCUT2D eigenvalue weighted by molar-refractivity contribution is 5.17. The van der Waals surface area contributed by atoms with E-state index in [0.717, 1.165) is 26.2 Å². The third kappa shape index (κ3) is 4.33. The number of benzene rings is 1. The molecule has 0 unspecified atom stereocenters. The van der Waals surface area contributed by atoms with E-state index in [-0.39, 0.29) is 0 Å². The first-order valence-electron chi connectivity index (χ1n) is 6.28. The average molecular weight is 220 g/mol. The molecule has 0 spiro atoms. The van der Waals surface area contributed by atoms with Gasteiger partial charge in [0.25, 0.3) is 0 Å². The predicted octanol–water partition coefficient (Wildman–Crippen LogP) is 2.68. The lowest BCUT2D eigenvalue weighted by molar-refractivity contribution is 0.298. The quantitative estimate of drug-likeness (QED) is 0.760. The molecule has 1 aromatic carbocycles. The van der Waals surface area contributed by atoms with Crippen LogP contribution in [0.15, 0.2) is 30.3 Å². The van der Waals surface area contributed by atoms with Gasteiger partial charge in [0.1, 0.15) is 0 Å². The maximum Gasteiger partial charge on any atom is 0.0292 e. The van der Waals surface area contributed by atoms with Crippen molar-refractivity contribution in [2.24, 2.45) is 0 Å². The van der Waals surface area contributed by atoms with E-state index in [1.807, 2.05) is 0 Å². The van der Waals surface area contributed by atoms with Gasteiger partial charge in [-0.25, -0.2) is 0 Å². The molecule has 90 valence electrons. The molecular formula is C14H24N2. The van der Waals surface area contributed by atoms with Crippen LogP contribution >= 0.6 is 0 Å². The predicted molar refractivity (Wildman–Crippen MR) is 70.6 cm³/mol. The largest absolute Gasteiger partial charge is 0.309 e. The molecule has 1 atom stereocenters. The van der Waals surface area contributed by atoms with E-state index < -0.39 is 0 Å². The molecule has 2 heteroatoms. The van der Waals surface area contributed by atoms with E-state index in [1.54, 1.807) is 0 Å². The topological polar surface area (TPSA) is 15.3 Å². The van der Waals surface area contributed by atoms with Gasteiger partial charge in [-0.2, -0.15) is 0 Å². The third-order valence-electron chi connectivity index (χ3n) is 3.07. The summed E-state index contributed by atoms with van der Waals surface area (Å²) in [6.45, 7) is 11.1. The lowest BCUT2D eigenvalue weighted by atomic mass is 10.1. The Labute approximate surface area is 99.7 Å². The number of hydrogen-bond acceptors (Lipinski definition) is 2. The molecule has 2 nitrogen and oxygen atoms in total. The number of likely N-dealkylation sites (N-methyl/N-ethyl adjacent to an activating group) is 1. The summed E-state index contributed by atoms with van der Waals surface area (Å²) >= 11 is 0. The zero-order valence-corrected chi connectivity index (χ0v) is 10.7. The molecule has 0 saturated carbocycles. The fourth-order valence-corrected chi connectivity index (χ4v) is 1.84. The second kappa shape index (κ2) is 7.42. The SMILES string of the molecule is CCN(CC)CCN[C@H](C)c1ccccc1. The van der Waals surface area contributed by atoms with E-state index >= 15 is 0 Å². The Morgan fingerprint density at radius 1 is 1.12 bits per heavy atom. The Morgan fingerprint density at radius 3 is 2.31 bits per heavy atom. The fourth-order valence-electron chi connectivity index (χ4n) is 1.84. The van der Waals surface area contributed by atoms with Crippen LogP contribution in [0, 0.1) is 0 Å². The summed E-state index contributed by atoms with van der Waals surface area (Å²) < 4.78 is 0. The van der Waals surface area contributed by atoms with Gasteiger partial charge in [-0.3, -0.25) is 0 Å². The number of nitrogens with zero attached hydrogens (tertiary/aromatic N) is 1. The van der Waals surface area contributed by atoms with Gasteiger partial charge in [0.15, 0.2) is 0 Å². The molecule has 16 heavy (non-hydrogen) atoms. The van der Waals surface area contributed by atoms with Crippen molar-refractivity contribution in [1.82, 2.24) is 10.2 Å². The first kappa shape index (κ1) is 13.2. The van der Waals surface area contributed by atoms with Gasteiger partial charge in [-0.15, -0.1) is 0 Å². The van der Waals surface area contributed by atoms with Gasteiger partial charge in [0, 0.05) is 19.1 Å². The van der Waals surface area contributed by atoms with Crippen molar-refractivity contribution in [2.45, 2.75) is 26.8 Å². The highest BCUT2D eigenvalue weighted by atomic mass is 15.1. The summed E-state index contributed by atoms with van der Waals surface area (Å²) in [6, 6.07) is 11.0. The Morgan fingerprint density at radius 2 is 1.75 bits per heavy atom. The minimum atomic E-state index is 0.441. The summed E-state index contributed by atoms with van der Waals surface area (Å²) in [5, 5.41) is 3.56. The van der Waals surface area contributed by atoms with Crippen LogP contribution in [0.25, 0.3) is 0 Å². The maximum atomic E-state index is 3.56. The fraction of sp³-hybridized carbons (Fsp3) is 0.571. The highest BCUT2D eigenvalue weighted by Gasteiger charge is 2.04. The molecule has 0 saturated heterocycles. The van der Waals surface area contributed by atoms with Crippen LogP contribution in [0.4, 0.5) is 0 Å². The van der Waals surface area contributed by atoms with Crippen molar-refractivity contribution in [1.29, 1.82) is 0 Å². The van der Waals surface area contributed by atoms with Crippen LogP contribution in [0.1, 0.15) is 32.4 Å². The van der Waals surface area contributed by atoms with E-state index in [0.29, 0.717) is 6.04 Å². The monoisotopic (exact) mass is 220 g/mol. The Kier molecular flexibility index (Phi) is 6.12. The minimum absolute atomic E-state index is 0.441. The van der Waals surface area contributed by atoms with Crippen molar-refractivity contribution < 1.29 is 0 Å². The molecule has 0 bridgehead atoms. The zero-order chi connectivity index (χ0) is 11.8. The molecule has 0 aliphatic heterocycles. The molecule has 0 aliphatic rings. The summed E-state index contributed by atoms with van der Waals surface area (Å²) in [7, 11) is 0. The van der Waals surface area contributed by atoms with Gasteiger partial charge in [0.2, 0.25) is 0 Å². The summed E-state index contributed by atoms with van der Waals surface area (Å²) in [6.07, 6.45) is 0. The summed E-state index contributed by atoms with van der Waals surface area (Å²) in [5.74, 6) is 0. The normalized spacial score (nSPS) is 13.0. The van der Waals surface area contributed by atoms with Crippen molar-refractivity contribution in [2.75, 3.05) is 26.2 Å². The molecule has 1 rings (SSSR count). The Hall–Kier alpha value is -0.860. The lowest BCUT2D eigenvalue weighted by Gasteiger charge is -2.20. The molecule has 0 amide bonds. The number of hydrogen-bond donors (Lipinski definition) is 1. The van der Waals surface area contributed by atoms with Gasteiger partial charge >= 0.3 is 0 Å². The van der Waals surface area contributed by atoms with Gasteiger partial charge in [-0.05, 0) is 25.6 Å². The van der Waals surface area contributed by atoms with E-state index in [1.165, 1.54) is 5.56 Å². The number of nitrogens with one attached hydrogen (secondary N) is 1. The van der Waals surface area contributed by atoms with Crippen LogP contribution in [0.2, 0.25) is 0 Å². The Balaban J connectivity index is 2.28. The molecule has 0 heterocycles. The van der Waals surface area contributed by atoms with Crippen LogP contribution < -0.4 is 5.32 Å². The van der Waals surface area contributed by atoms with Gasteiger partial charge in [-0.1, -0.05) is 44.2 Å². The minimum Gasteiger partial charge on any atom is -0.309 e. The lowest BCUT2D eigenvalue weighted by Crippen LogP contribution is -2.32. The maximum absolute atomic E-state index is 3.56. The van der Waals surface area contributed by atoms with E-state index in [9.17, 15) is 0 Å². The van der Waals surface area contributed by atoms with Crippen molar-refractivity contribution in [3.63, 3.8) is 0 Å². The first-order valence-corrected chi connectivity index (χ1v) is 6.28. The van der Waals surface area contributed by atoms with Crippen molar-refractivity contribution in [3.8, 4) is 0 Å². The summed E-state index contributed by atoms with van der Waals surface area (Å²) in [4.78, 5) is 2.44. The first-order chi connectivity index (χ1) is 7.77. The van der Waals surface area contributed by atoms with Gasteiger partial charge in [0.05, 0.1) is 0 Å². The smallest absolute Gasteiger partial charge is 0.0292 e.